The minimum absolute atomic E-state index is 0.0951. The van der Waals surface area contributed by atoms with Crippen LogP contribution in [0.25, 0.3) is 17.1 Å². The van der Waals surface area contributed by atoms with Crippen molar-refractivity contribution in [1.29, 1.82) is 0 Å². The Hall–Kier alpha value is -3.91. The number of methoxy groups -OCH3 is 1. The standard InChI is InChI=1S/C25H20N4O3S/c1-32-20-14-12-19(13-15-20)28-22(30)16-21(24(28)31)33-25-27-26-23(17-8-4-2-5-9-17)29(25)18-10-6-3-7-11-18/h2-15,21H,16H2,1H3. The van der Waals surface area contributed by atoms with Crippen LogP contribution in [-0.4, -0.2) is 38.9 Å². The molecule has 0 N–H and O–H groups in total. The Balaban J connectivity index is 1.47. The summed E-state index contributed by atoms with van der Waals surface area (Å²) in [5, 5.41) is 8.77. The molecule has 0 spiro atoms. The number of ether oxygens (including phenoxy) is 1. The third kappa shape index (κ3) is 4.01. The Bertz CT molecular complexity index is 1290. The molecular weight excluding hydrogens is 436 g/mol. The van der Waals surface area contributed by atoms with Gasteiger partial charge in [0.05, 0.1) is 12.8 Å². The second-order valence-electron chi connectivity index (χ2n) is 7.42. The van der Waals surface area contributed by atoms with Crippen molar-refractivity contribution in [3.8, 4) is 22.8 Å². The van der Waals surface area contributed by atoms with Gasteiger partial charge in [-0.1, -0.05) is 60.3 Å². The molecule has 2 heterocycles. The van der Waals surface area contributed by atoms with Gasteiger partial charge in [-0.05, 0) is 36.4 Å². The van der Waals surface area contributed by atoms with Crippen LogP contribution in [0.5, 0.6) is 5.75 Å². The van der Waals surface area contributed by atoms with Crippen LogP contribution in [0.3, 0.4) is 0 Å². The quantitative estimate of drug-likeness (QED) is 0.401. The lowest BCUT2D eigenvalue weighted by molar-refractivity contribution is -0.121. The number of anilines is 1. The van der Waals surface area contributed by atoms with Crippen molar-refractivity contribution < 1.29 is 14.3 Å². The SMILES string of the molecule is COc1ccc(N2C(=O)CC(Sc3nnc(-c4ccccc4)n3-c3ccccc3)C2=O)cc1. The zero-order chi connectivity index (χ0) is 22.8. The molecule has 0 saturated carbocycles. The Morgan fingerprint density at radius 3 is 2.18 bits per heavy atom. The summed E-state index contributed by atoms with van der Waals surface area (Å²) in [7, 11) is 1.57. The van der Waals surface area contributed by atoms with E-state index in [4.69, 9.17) is 4.74 Å². The first-order chi connectivity index (χ1) is 16.2. The van der Waals surface area contributed by atoms with Crippen LogP contribution in [-0.2, 0) is 9.59 Å². The molecule has 8 heteroatoms. The van der Waals surface area contributed by atoms with E-state index in [1.807, 2.05) is 65.2 Å². The van der Waals surface area contributed by atoms with Gasteiger partial charge >= 0.3 is 0 Å². The van der Waals surface area contributed by atoms with Crippen LogP contribution in [0.1, 0.15) is 6.42 Å². The van der Waals surface area contributed by atoms with Crippen molar-refractivity contribution in [1.82, 2.24) is 14.8 Å². The first kappa shape index (κ1) is 21.0. The number of hydrogen-bond acceptors (Lipinski definition) is 6. The fourth-order valence-electron chi connectivity index (χ4n) is 3.76. The normalized spacial score (nSPS) is 15.8. The topological polar surface area (TPSA) is 77.3 Å². The van der Waals surface area contributed by atoms with Crippen LogP contribution < -0.4 is 9.64 Å². The first-order valence-electron chi connectivity index (χ1n) is 10.4. The average molecular weight is 457 g/mol. The van der Waals surface area contributed by atoms with Crippen LogP contribution >= 0.6 is 11.8 Å². The smallest absolute Gasteiger partial charge is 0.247 e. The van der Waals surface area contributed by atoms with E-state index >= 15 is 0 Å². The number of hydrogen-bond donors (Lipinski definition) is 0. The molecule has 1 aliphatic rings. The summed E-state index contributed by atoms with van der Waals surface area (Å²) in [5.41, 5.74) is 2.32. The number of amides is 2. The van der Waals surface area contributed by atoms with E-state index in [0.29, 0.717) is 22.4 Å². The third-order valence-electron chi connectivity index (χ3n) is 5.36. The number of imide groups is 1. The summed E-state index contributed by atoms with van der Waals surface area (Å²) in [5.74, 6) is 0.831. The summed E-state index contributed by atoms with van der Waals surface area (Å²) in [6.45, 7) is 0. The Labute approximate surface area is 195 Å². The first-order valence-corrected chi connectivity index (χ1v) is 11.3. The van der Waals surface area contributed by atoms with Crippen molar-refractivity contribution in [2.45, 2.75) is 16.8 Å². The van der Waals surface area contributed by atoms with Gasteiger partial charge in [-0.25, -0.2) is 4.90 Å². The second kappa shape index (κ2) is 8.91. The lowest BCUT2D eigenvalue weighted by atomic mass is 10.2. The summed E-state index contributed by atoms with van der Waals surface area (Å²) >= 11 is 1.26. The number of rotatable bonds is 6. The molecule has 33 heavy (non-hydrogen) atoms. The van der Waals surface area contributed by atoms with Crippen LogP contribution in [0, 0.1) is 0 Å². The zero-order valence-corrected chi connectivity index (χ0v) is 18.6. The molecule has 4 aromatic rings. The van der Waals surface area contributed by atoms with Gasteiger partial charge in [-0.15, -0.1) is 10.2 Å². The fraction of sp³-hybridized carbons (Fsp3) is 0.120. The summed E-state index contributed by atoms with van der Waals surface area (Å²) in [6, 6.07) is 26.4. The van der Waals surface area contributed by atoms with Gasteiger partial charge in [0.25, 0.3) is 0 Å². The minimum atomic E-state index is -0.588. The molecule has 1 atom stereocenters. The number of carbonyl (C=O) groups excluding carboxylic acids is 2. The molecule has 3 aromatic carbocycles. The molecule has 1 unspecified atom stereocenters. The van der Waals surface area contributed by atoms with Gasteiger partial charge in [0.2, 0.25) is 11.8 Å². The molecular formula is C25H20N4O3S. The predicted octanol–water partition coefficient (Wildman–Crippen LogP) is 4.37. The van der Waals surface area contributed by atoms with Gasteiger partial charge in [0.1, 0.15) is 11.0 Å². The highest BCUT2D eigenvalue weighted by atomic mass is 32.2. The molecule has 5 rings (SSSR count). The lowest BCUT2D eigenvalue weighted by Crippen LogP contribution is -2.31. The van der Waals surface area contributed by atoms with Crippen molar-refractivity contribution >= 4 is 29.3 Å². The van der Waals surface area contributed by atoms with Gasteiger partial charge in [0.15, 0.2) is 11.0 Å². The van der Waals surface area contributed by atoms with Crippen molar-refractivity contribution in [2.24, 2.45) is 0 Å². The van der Waals surface area contributed by atoms with Crippen LogP contribution in [0.2, 0.25) is 0 Å². The molecule has 0 radical (unpaired) electrons. The maximum absolute atomic E-state index is 13.2. The van der Waals surface area contributed by atoms with Gasteiger partial charge < -0.3 is 4.74 Å². The number of carbonyl (C=O) groups is 2. The van der Waals surface area contributed by atoms with Crippen molar-refractivity contribution in [3.63, 3.8) is 0 Å². The number of aromatic nitrogens is 3. The van der Waals surface area contributed by atoms with E-state index in [2.05, 4.69) is 10.2 Å². The van der Waals surface area contributed by atoms with E-state index in [1.54, 1.807) is 31.4 Å². The average Bonchev–Trinajstić information content (AvgIpc) is 3.40. The Kier molecular flexibility index (Phi) is 5.66. The number of para-hydroxylation sites is 1. The molecule has 1 saturated heterocycles. The molecule has 0 bridgehead atoms. The highest BCUT2D eigenvalue weighted by Crippen LogP contribution is 2.36. The maximum atomic E-state index is 13.2. The van der Waals surface area contributed by atoms with Gasteiger partial charge in [-0.2, -0.15) is 0 Å². The molecule has 1 aliphatic heterocycles. The predicted molar refractivity (Wildman–Crippen MR) is 127 cm³/mol. The van der Waals surface area contributed by atoms with E-state index in [-0.39, 0.29) is 18.2 Å². The highest BCUT2D eigenvalue weighted by Gasteiger charge is 2.41. The van der Waals surface area contributed by atoms with Gasteiger partial charge in [-0.3, -0.25) is 14.2 Å². The molecule has 1 fully saturated rings. The van der Waals surface area contributed by atoms with Crippen LogP contribution in [0.4, 0.5) is 5.69 Å². The molecule has 164 valence electrons. The maximum Gasteiger partial charge on any atom is 0.247 e. The Morgan fingerprint density at radius 1 is 0.848 bits per heavy atom. The largest absolute Gasteiger partial charge is 0.497 e. The monoisotopic (exact) mass is 456 g/mol. The van der Waals surface area contributed by atoms with E-state index in [0.717, 1.165) is 11.3 Å². The number of thioether (sulfide) groups is 1. The van der Waals surface area contributed by atoms with Gasteiger partial charge in [0, 0.05) is 17.7 Å². The van der Waals surface area contributed by atoms with E-state index < -0.39 is 5.25 Å². The number of benzene rings is 3. The van der Waals surface area contributed by atoms with Crippen molar-refractivity contribution in [2.75, 3.05) is 12.0 Å². The lowest BCUT2D eigenvalue weighted by Gasteiger charge is -2.15. The van der Waals surface area contributed by atoms with E-state index in [9.17, 15) is 9.59 Å². The summed E-state index contributed by atoms with van der Waals surface area (Å²) in [4.78, 5) is 27.2. The number of nitrogens with zero attached hydrogens (tertiary/aromatic N) is 4. The van der Waals surface area contributed by atoms with Crippen LogP contribution in [0.15, 0.2) is 90.1 Å². The fourth-order valence-corrected chi connectivity index (χ4v) is 4.83. The molecule has 2 amide bonds. The molecule has 0 aliphatic carbocycles. The summed E-state index contributed by atoms with van der Waals surface area (Å²) in [6.07, 6.45) is 0.0951. The highest BCUT2D eigenvalue weighted by molar-refractivity contribution is 8.00. The minimum Gasteiger partial charge on any atom is -0.497 e. The van der Waals surface area contributed by atoms with Crippen molar-refractivity contribution in [3.05, 3.63) is 84.9 Å². The Morgan fingerprint density at radius 2 is 1.52 bits per heavy atom. The van der Waals surface area contributed by atoms with E-state index in [1.165, 1.54) is 16.7 Å². The molecule has 7 nitrogen and oxygen atoms in total. The third-order valence-corrected chi connectivity index (χ3v) is 6.49. The summed E-state index contributed by atoms with van der Waals surface area (Å²) < 4.78 is 7.09. The second-order valence-corrected chi connectivity index (χ2v) is 8.59. The molecule has 1 aromatic heterocycles. The zero-order valence-electron chi connectivity index (χ0n) is 17.8.